The number of benzene rings is 1. The van der Waals surface area contributed by atoms with Gasteiger partial charge in [-0.3, -0.25) is 4.68 Å². The first-order valence-electron chi connectivity index (χ1n) is 9.69. The average molecular weight is 396 g/mol. The Bertz CT molecular complexity index is 1090. The number of nitrogens with zero attached hydrogens (tertiary/aromatic N) is 5. The van der Waals surface area contributed by atoms with Crippen molar-refractivity contribution in [1.82, 2.24) is 19.3 Å². The van der Waals surface area contributed by atoms with Crippen LogP contribution in [-0.4, -0.2) is 37.9 Å². The minimum atomic E-state index is 0.183. The predicted octanol–water partition coefficient (Wildman–Crippen LogP) is 4.11. The lowest BCUT2D eigenvalue weighted by molar-refractivity contribution is 0.291. The molecule has 6 nitrogen and oxygen atoms in total. The summed E-state index contributed by atoms with van der Waals surface area (Å²) in [6.07, 6.45) is 4.68. The largest absolute Gasteiger partial charge is 0.474 e. The fraction of sp³-hybridized carbons (Fsp3) is 0.381. The molecule has 0 unspecified atom stereocenters. The lowest BCUT2D eigenvalue weighted by Crippen LogP contribution is -2.13. The molecule has 0 bridgehead atoms. The van der Waals surface area contributed by atoms with Crippen molar-refractivity contribution >= 4 is 17.5 Å². The van der Waals surface area contributed by atoms with Crippen LogP contribution < -0.4 is 0 Å². The maximum Gasteiger partial charge on any atom is 0.237 e. The highest BCUT2D eigenvalue weighted by atomic mass is 35.5. The van der Waals surface area contributed by atoms with Crippen LogP contribution in [0.25, 0.3) is 16.9 Å². The Labute approximate surface area is 168 Å². The Morgan fingerprint density at radius 3 is 2.89 bits per heavy atom. The van der Waals surface area contributed by atoms with E-state index in [4.69, 9.17) is 26.4 Å². The van der Waals surface area contributed by atoms with Gasteiger partial charge in [0.25, 0.3) is 0 Å². The maximum atomic E-state index is 6.32. The van der Waals surface area contributed by atoms with Crippen molar-refractivity contribution in [3.63, 3.8) is 0 Å². The third-order valence-electron chi connectivity index (χ3n) is 5.51. The van der Waals surface area contributed by atoms with Crippen LogP contribution in [0, 0.1) is 5.92 Å². The van der Waals surface area contributed by atoms with Crippen molar-refractivity contribution in [3.05, 3.63) is 52.7 Å². The molecule has 4 heterocycles. The fourth-order valence-electron chi connectivity index (χ4n) is 3.86. The minimum Gasteiger partial charge on any atom is -0.474 e. The van der Waals surface area contributed by atoms with Crippen LogP contribution >= 0.6 is 11.6 Å². The second kappa shape index (κ2) is 6.48. The Morgan fingerprint density at radius 1 is 1.29 bits per heavy atom. The van der Waals surface area contributed by atoms with Crippen molar-refractivity contribution in [3.8, 4) is 16.9 Å². The van der Waals surface area contributed by atoms with Crippen LogP contribution in [0.5, 0.6) is 0 Å². The second-order valence-electron chi connectivity index (χ2n) is 7.66. The summed E-state index contributed by atoms with van der Waals surface area (Å²) in [4.78, 5) is 9.48. The first kappa shape index (κ1) is 17.5. The monoisotopic (exact) mass is 395 g/mol. The van der Waals surface area contributed by atoms with Crippen LogP contribution in [0.1, 0.15) is 37.7 Å². The van der Waals surface area contributed by atoms with E-state index in [1.807, 2.05) is 29.2 Å². The summed E-state index contributed by atoms with van der Waals surface area (Å²) >= 11 is 6.32. The van der Waals surface area contributed by atoms with Gasteiger partial charge in [-0.25, -0.2) is 9.98 Å². The van der Waals surface area contributed by atoms with Crippen molar-refractivity contribution < 1.29 is 4.74 Å². The molecule has 0 spiro atoms. The van der Waals surface area contributed by atoms with Gasteiger partial charge in [-0.15, -0.1) is 0 Å². The highest BCUT2D eigenvalue weighted by Crippen LogP contribution is 2.37. The number of rotatable bonds is 3. The average Bonchev–Trinajstić information content (AvgIpc) is 3.39. The van der Waals surface area contributed by atoms with Gasteiger partial charge >= 0.3 is 0 Å². The van der Waals surface area contributed by atoms with E-state index < -0.39 is 0 Å². The standard InChI is InChI=1S/C21H22ClN5O/c1-4-26-9-13-7-18-20(21-24-16(10-28-21)12(2)3)23-11-27(18)17-6-5-14(22)8-15(17)19(13)25-26/h5-6,8-9,11-12,16H,4,7,10H2,1-3H3/t16-/m1/s1. The van der Waals surface area contributed by atoms with Crippen molar-refractivity contribution in [2.24, 2.45) is 10.9 Å². The molecule has 28 heavy (non-hydrogen) atoms. The summed E-state index contributed by atoms with van der Waals surface area (Å²) in [7, 11) is 0. The molecule has 5 rings (SSSR count). The molecule has 0 saturated heterocycles. The number of aryl methyl sites for hydroxylation is 1. The molecule has 0 radical (unpaired) electrons. The molecule has 2 aliphatic rings. The van der Waals surface area contributed by atoms with E-state index in [0.717, 1.165) is 40.4 Å². The molecule has 7 heteroatoms. The molecule has 2 aliphatic heterocycles. The van der Waals surface area contributed by atoms with Crippen LogP contribution in [0.3, 0.4) is 0 Å². The minimum absolute atomic E-state index is 0.183. The van der Waals surface area contributed by atoms with E-state index >= 15 is 0 Å². The number of ether oxygens (including phenoxy) is 1. The quantitative estimate of drug-likeness (QED) is 0.524. The lowest BCUT2D eigenvalue weighted by atomic mass is 10.0. The number of imidazole rings is 1. The first-order valence-corrected chi connectivity index (χ1v) is 10.1. The molecule has 0 amide bonds. The van der Waals surface area contributed by atoms with Crippen LogP contribution in [0.15, 0.2) is 35.7 Å². The molecule has 0 aliphatic carbocycles. The topological polar surface area (TPSA) is 57.2 Å². The third-order valence-corrected chi connectivity index (χ3v) is 5.74. The molecule has 144 valence electrons. The predicted molar refractivity (Wildman–Crippen MR) is 109 cm³/mol. The van der Waals surface area contributed by atoms with Crippen molar-refractivity contribution in [2.75, 3.05) is 6.61 Å². The van der Waals surface area contributed by atoms with E-state index in [1.54, 1.807) is 0 Å². The lowest BCUT2D eigenvalue weighted by Gasteiger charge is -2.10. The maximum absolute atomic E-state index is 6.32. The Kier molecular flexibility index (Phi) is 4.05. The molecule has 0 fully saturated rings. The first-order chi connectivity index (χ1) is 13.5. The van der Waals surface area contributed by atoms with E-state index in [1.165, 1.54) is 0 Å². The molecule has 0 saturated carbocycles. The van der Waals surface area contributed by atoms with E-state index in [-0.39, 0.29) is 6.04 Å². The van der Waals surface area contributed by atoms with Gasteiger partial charge in [-0.2, -0.15) is 5.10 Å². The smallest absolute Gasteiger partial charge is 0.237 e. The second-order valence-corrected chi connectivity index (χ2v) is 8.10. The van der Waals surface area contributed by atoms with Gasteiger partial charge < -0.3 is 9.30 Å². The van der Waals surface area contributed by atoms with Gasteiger partial charge in [-0.1, -0.05) is 25.4 Å². The van der Waals surface area contributed by atoms with Gasteiger partial charge in [-0.05, 0) is 31.0 Å². The van der Waals surface area contributed by atoms with E-state index in [2.05, 4.69) is 36.5 Å². The summed E-state index contributed by atoms with van der Waals surface area (Å²) in [6.45, 7) is 7.86. The summed E-state index contributed by atoms with van der Waals surface area (Å²) in [5.41, 5.74) is 6.07. The molecule has 2 aromatic heterocycles. The summed E-state index contributed by atoms with van der Waals surface area (Å²) < 4.78 is 10.0. The number of fused-ring (bicyclic) bond motifs is 5. The summed E-state index contributed by atoms with van der Waals surface area (Å²) in [5, 5.41) is 5.50. The van der Waals surface area contributed by atoms with E-state index in [9.17, 15) is 0 Å². The van der Waals surface area contributed by atoms with Crippen molar-refractivity contribution in [1.29, 1.82) is 0 Å². The molecular formula is C21H22ClN5O. The fourth-order valence-corrected chi connectivity index (χ4v) is 4.03. The Morgan fingerprint density at radius 2 is 2.14 bits per heavy atom. The zero-order chi connectivity index (χ0) is 19.4. The van der Waals surface area contributed by atoms with Gasteiger partial charge in [0.2, 0.25) is 5.90 Å². The Balaban J connectivity index is 1.70. The number of halogens is 1. The number of hydrogen-bond donors (Lipinski definition) is 0. The SMILES string of the molecule is CCn1cc2c(n1)-c1cc(Cl)ccc1-n1cnc(C3=N[C@@H](C(C)C)CO3)c1C2. The van der Waals surface area contributed by atoms with Crippen LogP contribution in [0.4, 0.5) is 0 Å². The number of aliphatic imine (C=N–C) groups is 1. The highest BCUT2D eigenvalue weighted by Gasteiger charge is 2.30. The van der Waals surface area contributed by atoms with Gasteiger partial charge in [0, 0.05) is 35.3 Å². The zero-order valence-corrected chi connectivity index (χ0v) is 16.9. The van der Waals surface area contributed by atoms with Gasteiger partial charge in [0.1, 0.15) is 18.6 Å². The molecule has 3 aromatic rings. The van der Waals surface area contributed by atoms with Crippen LogP contribution in [0.2, 0.25) is 5.02 Å². The zero-order valence-electron chi connectivity index (χ0n) is 16.2. The highest BCUT2D eigenvalue weighted by molar-refractivity contribution is 6.31. The van der Waals surface area contributed by atoms with Crippen LogP contribution in [-0.2, 0) is 17.7 Å². The summed E-state index contributed by atoms with van der Waals surface area (Å²) in [6, 6.07) is 6.10. The molecular weight excluding hydrogens is 374 g/mol. The van der Waals surface area contributed by atoms with Gasteiger partial charge in [0.05, 0.1) is 23.1 Å². The van der Waals surface area contributed by atoms with E-state index in [0.29, 0.717) is 29.9 Å². The normalized spacial score (nSPS) is 17.6. The van der Waals surface area contributed by atoms with Gasteiger partial charge in [0.15, 0.2) is 0 Å². The number of aromatic nitrogens is 4. The third kappa shape index (κ3) is 2.66. The number of hydrogen-bond acceptors (Lipinski definition) is 4. The molecule has 1 aromatic carbocycles. The molecule has 0 N–H and O–H groups in total. The Hall–Kier alpha value is -2.60. The molecule has 1 atom stereocenters. The van der Waals surface area contributed by atoms with Crippen molar-refractivity contribution in [2.45, 2.75) is 39.8 Å². The summed E-state index contributed by atoms with van der Waals surface area (Å²) in [5.74, 6) is 1.09.